The van der Waals surface area contributed by atoms with E-state index < -0.39 is 17.8 Å². The number of hydrogen-bond donors (Lipinski definition) is 1. The number of hydrogen-bond acceptors (Lipinski definition) is 2. The number of halogens is 5. The topological polar surface area (TPSA) is 15.3 Å². The Bertz CT molecular complexity index is 757. The molecule has 3 rings (SSSR count). The van der Waals surface area contributed by atoms with Crippen molar-refractivity contribution in [3.63, 3.8) is 0 Å². The molecule has 0 saturated carbocycles. The molecule has 1 aliphatic rings. The van der Waals surface area contributed by atoms with Crippen LogP contribution >= 0.6 is 23.2 Å². The molecule has 0 radical (unpaired) electrons. The molecule has 1 aliphatic heterocycles. The summed E-state index contributed by atoms with van der Waals surface area (Å²) in [5, 5.41) is 4.01. The van der Waals surface area contributed by atoms with E-state index in [0.717, 1.165) is 25.6 Å². The summed E-state index contributed by atoms with van der Waals surface area (Å²) in [4.78, 5) is 2.07. The highest BCUT2D eigenvalue weighted by atomic mass is 35.5. The van der Waals surface area contributed by atoms with Crippen molar-refractivity contribution in [1.29, 1.82) is 0 Å². The Hall–Kier alpha value is -1.27. The molecule has 2 aromatic rings. The van der Waals surface area contributed by atoms with Gasteiger partial charge in [0.25, 0.3) is 0 Å². The van der Waals surface area contributed by atoms with E-state index in [9.17, 15) is 13.2 Å². The number of benzene rings is 2. The predicted octanol–water partition coefficient (Wildman–Crippen LogP) is 5.40. The summed E-state index contributed by atoms with van der Waals surface area (Å²) in [6.45, 7) is 2.93. The standard InChI is InChI=1S/C19H19Cl2F3N2/c20-16-7-6-13(12-17(16)21)18(26-10-3-8-25-9-11-26)14-4-1-2-5-15(14)19(22,23)24/h1-2,4-7,12,18,25H,3,8-11H2. The smallest absolute Gasteiger partial charge is 0.315 e. The minimum Gasteiger partial charge on any atom is -0.315 e. The molecule has 1 unspecified atom stereocenters. The van der Waals surface area contributed by atoms with E-state index in [-0.39, 0.29) is 5.56 Å². The lowest BCUT2D eigenvalue weighted by molar-refractivity contribution is -0.138. The van der Waals surface area contributed by atoms with Crippen molar-refractivity contribution >= 4 is 23.2 Å². The lowest BCUT2D eigenvalue weighted by Gasteiger charge is -2.33. The fourth-order valence-corrected chi connectivity index (χ4v) is 3.69. The van der Waals surface area contributed by atoms with Gasteiger partial charge in [-0.3, -0.25) is 4.90 Å². The van der Waals surface area contributed by atoms with Gasteiger partial charge in [-0.25, -0.2) is 0 Å². The highest BCUT2D eigenvalue weighted by molar-refractivity contribution is 6.42. The van der Waals surface area contributed by atoms with Crippen molar-refractivity contribution in [1.82, 2.24) is 10.2 Å². The van der Waals surface area contributed by atoms with Crippen LogP contribution in [0.5, 0.6) is 0 Å². The van der Waals surface area contributed by atoms with Gasteiger partial charge in [0.1, 0.15) is 0 Å². The summed E-state index contributed by atoms with van der Waals surface area (Å²) in [7, 11) is 0. The summed E-state index contributed by atoms with van der Waals surface area (Å²) >= 11 is 12.2. The van der Waals surface area contributed by atoms with Crippen LogP contribution in [0.2, 0.25) is 10.0 Å². The van der Waals surface area contributed by atoms with Crippen LogP contribution in [0, 0.1) is 0 Å². The van der Waals surface area contributed by atoms with Gasteiger partial charge < -0.3 is 5.32 Å². The number of nitrogens with one attached hydrogen (secondary N) is 1. The molecular formula is C19H19Cl2F3N2. The van der Waals surface area contributed by atoms with Crippen LogP contribution < -0.4 is 5.32 Å². The van der Waals surface area contributed by atoms with Gasteiger partial charge in [-0.1, -0.05) is 47.5 Å². The quantitative estimate of drug-likeness (QED) is 0.739. The average Bonchev–Trinajstić information content (AvgIpc) is 2.87. The van der Waals surface area contributed by atoms with Crippen molar-refractivity contribution in [3.8, 4) is 0 Å². The van der Waals surface area contributed by atoms with Gasteiger partial charge in [-0.15, -0.1) is 0 Å². The molecule has 1 fully saturated rings. The molecule has 2 nitrogen and oxygen atoms in total. The minimum absolute atomic E-state index is 0.236. The van der Waals surface area contributed by atoms with Crippen LogP contribution in [-0.2, 0) is 6.18 Å². The van der Waals surface area contributed by atoms with E-state index in [4.69, 9.17) is 23.2 Å². The first-order valence-electron chi connectivity index (χ1n) is 8.44. The summed E-state index contributed by atoms with van der Waals surface area (Å²) in [6.07, 6.45) is -3.55. The van der Waals surface area contributed by atoms with Crippen molar-refractivity contribution in [3.05, 3.63) is 69.2 Å². The number of alkyl halides is 3. The third-order valence-electron chi connectivity index (χ3n) is 4.56. The SMILES string of the molecule is FC(F)(F)c1ccccc1C(c1ccc(Cl)c(Cl)c1)N1CCCNCC1. The summed E-state index contributed by atoms with van der Waals surface area (Å²) in [5.41, 5.74) is 0.326. The third-order valence-corrected chi connectivity index (χ3v) is 5.30. The maximum Gasteiger partial charge on any atom is 0.416 e. The maximum atomic E-state index is 13.6. The molecule has 1 N–H and O–H groups in total. The van der Waals surface area contributed by atoms with E-state index in [0.29, 0.717) is 28.7 Å². The van der Waals surface area contributed by atoms with Crippen molar-refractivity contribution in [2.45, 2.75) is 18.6 Å². The minimum atomic E-state index is -4.42. The molecule has 0 bridgehead atoms. The van der Waals surface area contributed by atoms with Crippen LogP contribution in [0.3, 0.4) is 0 Å². The summed E-state index contributed by atoms with van der Waals surface area (Å²) < 4.78 is 40.9. The lowest BCUT2D eigenvalue weighted by atomic mass is 9.92. The van der Waals surface area contributed by atoms with Crippen LogP contribution in [0.25, 0.3) is 0 Å². The van der Waals surface area contributed by atoms with E-state index >= 15 is 0 Å². The van der Waals surface area contributed by atoms with Gasteiger partial charge in [0, 0.05) is 19.6 Å². The van der Waals surface area contributed by atoms with Gasteiger partial charge in [0.15, 0.2) is 0 Å². The largest absolute Gasteiger partial charge is 0.416 e. The number of nitrogens with zero attached hydrogens (tertiary/aromatic N) is 1. The molecular weight excluding hydrogens is 384 g/mol. The van der Waals surface area contributed by atoms with E-state index in [1.807, 2.05) is 0 Å². The van der Waals surface area contributed by atoms with Gasteiger partial charge in [0.2, 0.25) is 0 Å². The second-order valence-electron chi connectivity index (χ2n) is 6.30. The van der Waals surface area contributed by atoms with Gasteiger partial charge in [-0.05, 0) is 42.3 Å². The van der Waals surface area contributed by atoms with E-state index in [1.54, 1.807) is 30.3 Å². The molecule has 0 amide bonds. The fourth-order valence-electron chi connectivity index (χ4n) is 3.39. The Balaban J connectivity index is 2.13. The molecule has 7 heteroatoms. The molecule has 1 saturated heterocycles. The molecule has 1 heterocycles. The zero-order valence-corrected chi connectivity index (χ0v) is 15.5. The Kier molecular flexibility index (Phi) is 6.13. The summed E-state index contributed by atoms with van der Waals surface area (Å²) in [6, 6.07) is 10.3. The van der Waals surface area contributed by atoms with Crippen LogP contribution in [0.15, 0.2) is 42.5 Å². The summed E-state index contributed by atoms with van der Waals surface area (Å²) in [5.74, 6) is 0. The highest BCUT2D eigenvalue weighted by Crippen LogP contribution is 2.40. The van der Waals surface area contributed by atoms with Crippen LogP contribution in [0.4, 0.5) is 13.2 Å². The molecule has 1 atom stereocenters. The van der Waals surface area contributed by atoms with Gasteiger partial charge >= 0.3 is 6.18 Å². The Morgan fingerprint density at radius 2 is 1.73 bits per heavy atom. The maximum absolute atomic E-state index is 13.6. The zero-order chi connectivity index (χ0) is 18.7. The monoisotopic (exact) mass is 402 g/mol. The van der Waals surface area contributed by atoms with Crippen molar-refractivity contribution < 1.29 is 13.2 Å². The third kappa shape index (κ3) is 4.34. The Morgan fingerprint density at radius 3 is 2.46 bits per heavy atom. The molecule has 0 aromatic heterocycles. The molecule has 140 valence electrons. The second kappa shape index (κ2) is 8.17. The van der Waals surface area contributed by atoms with Crippen molar-refractivity contribution in [2.75, 3.05) is 26.2 Å². The average molecular weight is 403 g/mol. The molecule has 0 aliphatic carbocycles. The molecule has 26 heavy (non-hydrogen) atoms. The molecule has 2 aromatic carbocycles. The first kappa shape index (κ1) is 19.5. The van der Waals surface area contributed by atoms with Crippen LogP contribution in [0.1, 0.15) is 29.2 Å². The van der Waals surface area contributed by atoms with Gasteiger partial charge in [0.05, 0.1) is 21.7 Å². The fraction of sp³-hybridized carbons (Fsp3) is 0.368. The highest BCUT2D eigenvalue weighted by Gasteiger charge is 2.37. The Labute approximate surface area is 160 Å². The van der Waals surface area contributed by atoms with Gasteiger partial charge in [-0.2, -0.15) is 13.2 Å². The predicted molar refractivity (Wildman–Crippen MR) is 98.8 cm³/mol. The van der Waals surface area contributed by atoms with E-state index in [2.05, 4.69) is 10.2 Å². The molecule has 0 spiro atoms. The van der Waals surface area contributed by atoms with Crippen LogP contribution in [-0.4, -0.2) is 31.1 Å². The zero-order valence-electron chi connectivity index (χ0n) is 14.0. The van der Waals surface area contributed by atoms with Crippen molar-refractivity contribution in [2.24, 2.45) is 0 Å². The van der Waals surface area contributed by atoms with E-state index in [1.165, 1.54) is 6.07 Å². The first-order valence-corrected chi connectivity index (χ1v) is 9.19. The number of rotatable bonds is 3. The Morgan fingerprint density at radius 1 is 0.962 bits per heavy atom. The first-order chi connectivity index (χ1) is 12.4. The lowest BCUT2D eigenvalue weighted by Crippen LogP contribution is -2.34. The second-order valence-corrected chi connectivity index (χ2v) is 7.12. The normalized spacial score (nSPS) is 17.7.